The first-order valence-electron chi connectivity index (χ1n) is 9.01. The number of aliphatic hydroxyl groups is 1. The van der Waals surface area contributed by atoms with Crippen molar-refractivity contribution in [1.29, 1.82) is 0 Å². The molecule has 2 aromatic heterocycles. The summed E-state index contributed by atoms with van der Waals surface area (Å²) in [6.07, 6.45) is 5.41. The van der Waals surface area contributed by atoms with Crippen LogP contribution in [0, 0.1) is 16.0 Å². The van der Waals surface area contributed by atoms with Gasteiger partial charge in [0.15, 0.2) is 0 Å². The number of aromatic amines is 1. The second kappa shape index (κ2) is 7.04. The lowest BCUT2D eigenvalue weighted by Gasteiger charge is -2.35. The van der Waals surface area contributed by atoms with Gasteiger partial charge in [-0.05, 0) is 24.8 Å². The molecule has 0 bridgehead atoms. The molecule has 28 heavy (non-hydrogen) atoms. The second-order valence-electron chi connectivity index (χ2n) is 7.01. The molecule has 0 spiro atoms. The molecule has 1 aromatic carbocycles. The molecule has 1 saturated heterocycles. The van der Waals surface area contributed by atoms with Crippen LogP contribution >= 0.6 is 0 Å². The Balaban J connectivity index is 1.60. The molecular weight excluding hydrogens is 364 g/mol. The summed E-state index contributed by atoms with van der Waals surface area (Å²) >= 11 is 0. The van der Waals surface area contributed by atoms with Crippen LogP contribution in [0.1, 0.15) is 24.8 Å². The first-order chi connectivity index (χ1) is 13.5. The van der Waals surface area contributed by atoms with Gasteiger partial charge in [-0.1, -0.05) is 0 Å². The number of hydrogen-bond donors (Lipinski definition) is 2. The van der Waals surface area contributed by atoms with Crippen LogP contribution in [0.2, 0.25) is 0 Å². The highest BCUT2D eigenvalue weighted by atomic mass is 16.6. The van der Waals surface area contributed by atoms with Gasteiger partial charge in [-0.2, -0.15) is 0 Å². The molecular formula is C18H20N6O4. The summed E-state index contributed by atoms with van der Waals surface area (Å²) < 4.78 is 1.80. The fraction of sp³-hybridized carbons (Fsp3) is 0.389. The van der Waals surface area contributed by atoms with E-state index in [4.69, 9.17) is 0 Å². The Morgan fingerprint density at radius 3 is 2.71 bits per heavy atom. The molecule has 4 rings (SSSR count). The van der Waals surface area contributed by atoms with Gasteiger partial charge >= 0.3 is 0 Å². The number of nitrogens with zero attached hydrogens (tertiary/aromatic N) is 5. The normalized spacial score (nSPS) is 16.4. The summed E-state index contributed by atoms with van der Waals surface area (Å²) in [5.41, 5.74) is 0.339. The topological polar surface area (TPSA) is 130 Å². The van der Waals surface area contributed by atoms with Gasteiger partial charge in [0.05, 0.1) is 22.2 Å². The van der Waals surface area contributed by atoms with Crippen LogP contribution in [0.3, 0.4) is 0 Å². The fourth-order valence-electron chi connectivity index (χ4n) is 3.82. The molecule has 1 unspecified atom stereocenters. The van der Waals surface area contributed by atoms with Crippen molar-refractivity contribution < 1.29 is 10.0 Å². The average Bonchev–Trinajstić information content (AvgIpc) is 3.13. The van der Waals surface area contributed by atoms with Crippen LogP contribution in [0.4, 0.5) is 11.4 Å². The van der Waals surface area contributed by atoms with Crippen molar-refractivity contribution in [3.8, 4) is 0 Å². The van der Waals surface area contributed by atoms with E-state index in [0.717, 1.165) is 0 Å². The van der Waals surface area contributed by atoms with Gasteiger partial charge in [-0.3, -0.25) is 14.9 Å². The highest BCUT2D eigenvalue weighted by molar-refractivity contribution is 5.87. The molecule has 0 amide bonds. The van der Waals surface area contributed by atoms with Gasteiger partial charge in [0.2, 0.25) is 0 Å². The minimum Gasteiger partial charge on any atom is -0.385 e. The van der Waals surface area contributed by atoms with Crippen LogP contribution in [-0.2, 0) is 7.05 Å². The number of fused-ring (bicyclic) bond motifs is 1. The molecule has 10 heteroatoms. The number of nitro benzene ring substituents is 1. The predicted molar refractivity (Wildman–Crippen MR) is 102 cm³/mol. The number of hydrogen-bond acceptors (Lipinski definition) is 7. The van der Waals surface area contributed by atoms with E-state index in [9.17, 15) is 20.0 Å². The summed E-state index contributed by atoms with van der Waals surface area (Å²) in [7, 11) is 1.84. The van der Waals surface area contributed by atoms with Crippen LogP contribution in [-0.4, -0.2) is 42.6 Å². The molecule has 1 aliphatic rings. The Morgan fingerprint density at radius 1 is 1.32 bits per heavy atom. The molecule has 1 atom stereocenters. The molecule has 2 N–H and O–H groups in total. The number of piperidine rings is 1. The summed E-state index contributed by atoms with van der Waals surface area (Å²) in [4.78, 5) is 35.7. The van der Waals surface area contributed by atoms with E-state index < -0.39 is 16.6 Å². The number of imidazole rings is 1. The Labute approximate surface area is 159 Å². The molecule has 0 aliphatic carbocycles. The number of aromatic nitrogens is 4. The van der Waals surface area contributed by atoms with E-state index in [0.29, 0.717) is 43.0 Å². The molecule has 0 saturated carbocycles. The van der Waals surface area contributed by atoms with Crippen molar-refractivity contribution in [3.05, 3.63) is 57.1 Å². The fourth-order valence-corrected chi connectivity index (χ4v) is 3.82. The van der Waals surface area contributed by atoms with Crippen molar-refractivity contribution in [1.82, 2.24) is 19.5 Å². The number of H-pyrrole nitrogens is 1. The third-order valence-corrected chi connectivity index (χ3v) is 5.38. The van der Waals surface area contributed by atoms with E-state index in [1.165, 1.54) is 12.4 Å². The Morgan fingerprint density at radius 2 is 2.07 bits per heavy atom. The van der Waals surface area contributed by atoms with E-state index in [1.807, 2.05) is 11.9 Å². The molecule has 146 valence electrons. The standard InChI is InChI=1S/C18H20N6O4/c1-22-7-4-19-17(22)16(25)11-2-5-23(6-3-11)14-9-13-12(8-15(14)24(27)28)18(26)21-10-20-13/h4,7-11,16,25H,2-3,5-6H2,1H3,(H,20,21,26). The quantitative estimate of drug-likeness (QED) is 0.515. The largest absolute Gasteiger partial charge is 0.385 e. The SMILES string of the molecule is Cn1ccnc1C(O)C1CCN(c2cc3nc[nH]c(=O)c3cc2[N+](=O)[O-])CC1. The number of aryl methyl sites for hydroxylation is 1. The van der Waals surface area contributed by atoms with Crippen LogP contribution < -0.4 is 10.5 Å². The summed E-state index contributed by atoms with van der Waals surface area (Å²) in [6.45, 7) is 1.11. The maximum absolute atomic E-state index is 11.9. The summed E-state index contributed by atoms with van der Waals surface area (Å²) in [5.74, 6) is 0.649. The van der Waals surface area contributed by atoms with Crippen molar-refractivity contribution in [2.75, 3.05) is 18.0 Å². The van der Waals surface area contributed by atoms with Gasteiger partial charge < -0.3 is 19.6 Å². The van der Waals surface area contributed by atoms with Gasteiger partial charge in [0.25, 0.3) is 11.2 Å². The monoisotopic (exact) mass is 384 g/mol. The van der Waals surface area contributed by atoms with Crippen molar-refractivity contribution in [2.45, 2.75) is 18.9 Å². The zero-order valence-electron chi connectivity index (χ0n) is 15.3. The van der Waals surface area contributed by atoms with Crippen LogP contribution in [0.5, 0.6) is 0 Å². The van der Waals surface area contributed by atoms with Gasteiger partial charge in [-0.25, -0.2) is 9.97 Å². The molecule has 1 aliphatic heterocycles. The number of nitrogens with one attached hydrogen (secondary N) is 1. The molecule has 10 nitrogen and oxygen atoms in total. The lowest BCUT2D eigenvalue weighted by molar-refractivity contribution is -0.384. The van der Waals surface area contributed by atoms with Crippen LogP contribution in [0.15, 0.2) is 35.6 Å². The number of benzene rings is 1. The van der Waals surface area contributed by atoms with Gasteiger partial charge in [0, 0.05) is 38.6 Å². The maximum atomic E-state index is 11.9. The lowest BCUT2D eigenvalue weighted by atomic mass is 9.90. The Kier molecular flexibility index (Phi) is 4.55. The summed E-state index contributed by atoms with van der Waals surface area (Å²) in [5, 5.41) is 22.4. The van der Waals surface area contributed by atoms with Crippen molar-refractivity contribution >= 4 is 22.3 Å². The number of nitro groups is 1. The van der Waals surface area contributed by atoms with E-state index in [2.05, 4.69) is 15.0 Å². The molecule has 0 radical (unpaired) electrons. The van der Waals surface area contributed by atoms with Crippen molar-refractivity contribution in [3.63, 3.8) is 0 Å². The minimum absolute atomic E-state index is 0.0258. The molecule has 1 fully saturated rings. The number of aliphatic hydroxyl groups excluding tert-OH is 1. The second-order valence-corrected chi connectivity index (χ2v) is 7.01. The lowest BCUT2D eigenvalue weighted by Crippen LogP contribution is -2.36. The molecule has 3 aromatic rings. The third kappa shape index (κ3) is 3.11. The average molecular weight is 384 g/mol. The smallest absolute Gasteiger partial charge is 0.293 e. The Hall–Kier alpha value is -3.27. The Bertz CT molecular complexity index is 1080. The first-order valence-corrected chi connectivity index (χ1v) is 9.01. The van der Waals surface area contributed by atoms with E-state index in [-0.39, 0.29) is 17.0 Å². The number of rotatable bonds is 4. The first kappa shape index (κ1) is 18.1. The van der Waals surface area contributed by atoms with Gasteiger partial charge in [-0.15, -0.1) is 0 Å². The van der Waals surface area contributed by atoms with E-state index in [1.54, 1.807) is 23.0 Å². The third-order valence-electron chi connectivity index (χ3n) is 5.38. The minimum atomic E-state index is -0.672. The van der Waals surface area contributed by atoms with Gasteiger partial charge in [0.1, 0.15) is 17.6 Å². The van der Waals surface area contributed by atoms with E-state index >= 15 is 0 Å². The number of anilines is 1. The predicted octanol–water partition coefficient (Wildman–Crippen LogP) is 1.51. The molecule has 3 heterocycles. The highest BCUT2D eigenvalue weighted by Crippen LogP contribution is 2.36. The summed E-state index contributed by atoms with van der Waals surface area (Å²) in [6, 6.07) is 2.88. The zero-order valence-corrected chi connectivity index (χ0v) is 15.3. The zero-order chi connectivity index (χ0) is 19.8. The maximum Gasteiger partial charge on any atom is 0.293 e. The van der Waals surface area contributed by atoms with Crippen LogP contribution in [0.25, 0.3) is 10.9 Å². The highest BCUT2D eigenvalue weighted by Gasteiger charge is 2.31. The van der Waals surface area contributed by atoms with Crippen molar-refractivity contribution in [2.24, 2.45) is 13.0 Å².